The second-order valence-corrected chi connectivity index (χ2v) is 13.3. The summed E-state index contributed by atoms with van der Waals surface area (Å²) in [5.74, 6) is -2.88. The average Bonchev–Trinajstić information content (AvgIpc) is 3.68. The fourth-order valence-electron chi connectivity index (χ4n) is 4.28. The molecule has 5 rings (SSSR count). The van der Waals surface area contributed by atoms with Gasteiger partial charge in [0.1, 0.15) is 22.8 Å². The third kappa shape index (κ3) is 6.04. The number of fused-ring (bicyclic) bond motifs is 1. The fraction of sp³-hybridized carbons (Fsp3) is 0.417. The molecule has 16 nitrogen and oxygen atoms in total. The summed E-state index contributed by atoms with van der Waals surface area (Å²) in [5, 5.41) is 27.1. The van der Waals surface area contributed by atoms with Gasteiger partial charge in [0.2, 0.25) is 17.2 Å². The molecule has 1 aliphatic carbocycles. The molecule has 19 heteroatoms. The van der Waals surface area contributed by atoms with Crippen LogP contribution in [0.3, 0.4) is 0 Å². The van der Waals surface area contributed by atoms with Crippen molar-refractivity contribution in [1.82, 2.24) is 20.2 Å². The summed E-state index contributed by atoms with van der Waals surface area (Å²) in [6, 6.07) is 0.712. The molecule has 3 aliphatic rings. The van der Waals surface area contributed by atoms with Gasteiger partial charge in [-0.05, 0) is 44.0 Å². The van der Waals surface area contributed by atoms with E-state index in [9.17, 15) is 29.4 Å². The molecular formula is C24H28N9O7S3+. The van der Waals surface area contributed by atoms with Crippen LogP contribution in [0.25, 0.3) is 0 Å². The largest absolute Gasteiger partial charge is 0.478 e. The number of hydrogen-bond donors (Lipinski definition) is 6. The second kappa shape index (κ2) is 11.5. The molecule has 2 fully saturated rings. The number of oxime groups is 1. The van der Waals surface area contributed by atoms with Crippen molar-refractivity contribution in [3.8, 4) is 0 Å². The molecule has 0 aromatic carbocycles. The zero-order valence-corrected chi connectivity index (χ0v) is 25.3. The van der Waals surface area contributed by atoms with Gasteiger partial charge in [0.15, 0.2) is 10.8 Å². The highest BCUT2D eigenvalue weighted by Crippen LogP contribution is 2.42. The highest BCUT2D eigenvalue weighted by molar-refractivity contribution is 8.01. The van der Waals surface area contributed by atoms with Crippen molar-refractivity contribution in [1.29, 1.82) is 0 Å². The van der Waals surface area contributed by atoms with Gasteiger partial charge in [0.25, 0.3) is 11.8 Å². The fourth-order valence-corrected chi connectivity index (χ4v) is 7.41. The summed E-state index contributed by atoms with van der Waals surface area (Å²) in [5.41, 5.74) is 16.0. The Bertz CT molecular complexity index is 1590. The lowest BCUT2D eigenvalue weighted by atomic mass is 10.0. The van der Waals surface area contributed by atoms with Crippen LogP contribution in [0.15, 0.2) is 33.0 Å². The van der Waals surface area contributed by atoms with E-state index in [1.54, 1.807) is 6.07 Å². The molecule has 0 spiro atoms. The van der Waals surface area contributed by atoms with Gasteiger partial charge in [0, 0.05) is 16.9 Å². The molecule has 43 heavy (non-hydrogen) atoms. The number of nitrogens with two attached hydrogens (primary N) is 3. The molecule has 2 atom stereocenters. The van der Waals surface area contributed by atoms with Crippen LogP contribution in [-0.4, -0.2) is 83.1 Å². The molecular weight excluding hydrogens is 623 g/mol. The van der Waals surface area contributed by atoms with Crippen molar-refractivity contribution < 1.29 is 38.8 Å². The predicted octanol–water partition coefficient (Wildman–Crippen LogP) is 0.0219. The van der Waals surface area contributed by atoms with Crippen LogP contribution in [0.5, 0.6) is 0 Å². The first-order valence-electron chi connectivity index (χ1n) is 12.8. The Morgan fingerprint density at radius 2 is 1.98 bits per heavy atom. The lowest BCUT2D eigenvalue weighted by Crippen LogP contribution is -2.71. The molecule has 9 N–H and O–H groups in total. The number of hydrogen-bond acceptors (Lipinski definition) is 14. The number of carbonyl (C=O) groups excluding carboxylic acids is 2. The number of nitrogens with zero attached hydrogens (tertiary/aromatic N) is 5. The van der Waals surface area contributed by atoms with Crippen molar-refractivity contribution in [2.45, 2.75) is 54.9 Å². The second-order valence-electron chi connectivity index (χ2n) is 10.3. The minimum absolute atomic E-state index is 0.0192. The molecule has 2 aliphatic heterocycles. The number of rotatable bonds is 11. The number of anilines is 3. The summed E-state index contributed by atoms with van der Waals surface area (Å²) in [4.78, 5) is 65.0. The Morgan fingerprint density at radius 3 is 2.58 bits per heavy atom. The maximum Gasteiger partial charge on any atom is 0.352 e. The minimum atomic E-state index is -1.77. The van der Waals surface area contributed by atoms with E-state index in [0.29, 0.717) is 16.5 Å². The minimum Gasteiger partial charge on any atom is -0.478 e. The number of carboxylic acids is 2. The number of carboxylic acid groups (broad SMARTS) is 2. The zero-order chi connectivity index (χ0) is 31.2. The van der Waals surface area contributed by atoms with Crippen LogP contribution in [0.4, 0.5) is 16.8 Å². The molecule has 2 aromatic heterocycles. The number of carbonyl (C=O) groups is 4. The Balaban J connectivity index is 1.34. The van der Waals surface area contributed by atoms with E-state index in [1.165, 1.54) is 42.8 Å². The zero-order valence-electron chi connectivity index (χ0n) is 22.8. The molecule has 2 amide bonds. The molecule has 1 saturated carbocycles. The Morgan fingerprint density at radius 1 is 1.26 bits per heavy atom. The molecule has 2 aromatic rings. The van der Waals surface area contributed by atoms with Crippen molar-refractivity contribution in [3.63, 3.8) is 0 Å². The van der Waals surface area contributed by atoms with E-state index in [4.69, 9.17) is 22.0 Å². The van der Waals surface area contributed by atoms with Gasteiger partial charge in [-0.2, -0.15) is 0 Å². The number of nitrogen functional groups attached to an aromatic ring is 3. The predicted molar refractivity (Wildman–Crippen MR) is 158 cm³/mol. The first-order valence-corrected chi connectivity index (χ1v) is 15.7. The number of aromatic nitrogens is 3. The standard InChI is InChI=1S/C24H27N9O7S3/c1-24(2,21(38)39)40-31-14(11-8-42-22(27)28-11)17(34)30-15-18(35)33-16(20(36)37)9(6-41-19(15)33)7-43-23-29-12(25)5-13(26)32(23)10-3-4-10/h5,8,10,15,19H,3-4,6-7H2,1-2H3,(H8,25,26,27,28,30,34,36,37,38,39)/p+1/b31-14-/t15?,19-/m1/s1. The average molecular weight is 651 g/mol. The third-order valence-corrected chi connectivity index (χ3v) is 9.74. The number of β-lactam (4-membered cyclic amide) rings is 1. The Hall–Kier alpha value is -4.10. The van der Waals surface area contributed by atoms with E-state index >= 15 is 0 Å². The van der Waals surface area contributed by atoms with Crippen LogP contribution in [0.2, 0.25) is 0 Å². The summed E-state index contributed by atoms with van der Waals surface area (Å²) in [6.07, 6.45) is 1.91. The summed E-state index contributed by atoms with van der Waals surface area (Å²) < 4.78 is 1.89. The normalized spacial score (nSPS) is 20.4. The van der Waals surface area contributed by atoms with Gasteiger partial charge in [-0.25, -0.2) is 19.1 Å². The Kier molecular flexibility index (Phi) is 8.14. The van der Waals surface area contributed by atoms with Gasteiger partial charge < -0.3 is 37.6 Å². The highest BCUT2D eigenvalue weighted by Gasteiger charge is 2.54. The van der Waals surface area contributed by atoms with E-state index < -0.39 is 46.5 Å². The van der Waals surface area contributed by atoms with E-state index in [2.05, 4.69) is 20.4 Å². The molecule has 1 saturated heterocycles. The van der Waals surface area contributed by atoms with Gasteiger partial charge in [-0.3, -0.25) is 14.5 Å². The molecule has 1 unspecified atom stereocenters. The summed E-state index contributed by atoms with van der Waals surface area (Å²) >= 11 is 3.60. The van der Waals surface area contributed by atoms with Gasteiger partial charge in [-0.1, -0.05) is 10.1 Å². The van der Waals surface area contributed by atoms with Gasteiger partial charge in [-0.15, -0.1) is 23.1 Å². The lowest BCUT2D eigenvalue weighted by Gasteiger charge is -2.49. The number of thioether (sulfide) groups is 2. The smallest absolute Gasteiger partial charge is 0.352 e. The third-order valence-electron chi connectivity index (χ3n) is 6.69. The molecule has 0 bridgehead atoms. The molecule has 0 radical (unpaired) electrons. The first-order chi connectivity index (χ1) is 20.3. The van der Waals surface area contributed by atoms with Crippen LogP contribution < -0.4 is 27.1 Å². The van der Waals surface area contributed by atoms with Crippen molar-refractivity contribution in [2.24, 2.45) is 5.16 Å². The van der Waals surface area contributed by atoms with Gasteiger partial charge >= 0.3 is 17.1 Å². The monoisotopic (exact) mass is 650 g/mol. The number of nitrogens with one attached hydrogen (secondary N) is 1. The highest BCUT2D eigenvalue weighted by atomic mass is 32.2. The van der Waals surface area contributed by atoms with E-state index in [0.717, 1.165) is 29.1 Å². The lowest BCUT2D eigenvalue weighted by molar-refractivity contribution is -0.726. The quantitative estimate of drug-likeness (QED) is 0.0468. The number of aliphatic carboxylic acids is 2. The summed E-state index contributed by atoms with van der Waals surface area (Å²) in [7, 11) is 0. The van der Waals surface area contributed by atoms with E-state index in [1.807, 2.05) is 4.57 Å². The molecule has 4 heterocycles. The van der Waals surface area contributed by atoms with Crippen LogP contribution in [0, 0.1) is 0 Å². The van der Waals surface area contributed by atoms with Crippen LogP contribution in [-0.2, 0) is 24.0 Å². The van der Waals surface area contributed by atoms with Crippen molar-refractivity contribution in [2.75, 3.05) is 28.7 Å². The Labute approximate surface area is 256 Å². The number of amides is 2. The van der Waals surface area contributed by atoms with E-state index in [-0.39, 0.29) is 39.9 Å². The maximum absolute atomic E-state index is 13.3. The van der Waals surface area contributed by atoms with Gasteiger partial charge in [0.05, 0.1) is 12.1 Å². The maximum atomic E-state index is 13.3. The van der Waals surface area contributed by atoms with Crippen molar-refractivity contribution in [3.05, 3.63) is 28.4 Å². The summed E-state index contributed by atoms with van der Waals surface area (Å²) in [6.45, 7) is 2.49. The SMILES string of the molecule is CC(C)(O/N=C(\C(=O)NC1C(=O)N2C(C(=O)O)=C(CSc3nc(N)cc(N)[n+]3C3CC3)CS[C@H]12)c1csc(N)n1)C(=O)O. The first kappa shape index (κ1) is 30.4. The van der Waals surface area contributed by atoms with Crippen LogP contribution in [0.1, 0.15) is 38.4 Å². The van der Waals surface area contributed by atoms with Crippen LogP contribution >= 0.6 is 34.9 Å². The van der Waals surface area contributed by atoms with Crippen molar-refractivity contribution >= 4 is 81.1 Å². The topological polar surface area (TPSA) is 253 Å². The number of thiazole rings is 1. The molecule has 228 valence electrons.